The van der Waals surface area contributed by atoms with E-state index < -0.39 is 29.6 Å². The van der Waals surface area contributed by atoms with E-state index >= 15 is 0 Å². The van der Waals surface area contributed by atoms with Crippen molar-refractivity contribution in [3.8, 4) is 11.1 Å². The second-order valence-corrected chi connectivity index (χ2v) is 10.3. The number of fused-ring (bicyclic) bond motifs is 3. The largest absolute Gasteiger partial charge is 0.481 e. The summed E-state index contributed by atoms with van der Waals surface area (Å²) >= 11 is 0. The van der Waals surface area contributed by atoms with Crippen LogP contribution in [0.4, 0.5) is 4.79 Å². The Hall–Kier alpha value is -3.35. The van der Waals surface area contributed by atoms with Gasteiger partial charge in [0.1, 0.15) is 12.6 Å². The molecule has 2 aliphatic carbocycles. The van der Waals surface area contributed by atoms with Gasteiger partial charge in [0.15, 0.2) is 0 Å². The van der Waals surface area contributed by atoms with Crippen LogP contribution in [0.5, 0.6) is 0 Å². The molecule has 0 spiro atoms. The number of benzene rings is 2. The molecule has 1 fully saturated rings. The summed E-state index contributed by atoms with van der Waals surface area (Å²) in [4.78, 5) is 37.7. The topological polar surface area (TPSA) is 105 Å². The molecular formula is C28H34N2O5. The minimum absolute atomic E-state index is 0.0692. The van der Waals surface area contributed by atoms with Crippen molar-refractivity contribution in [3.63, 3.8) is 0 Å². The SMILES string of the molecule is CC(C)C[C@@H](NC(=O)OCC1c2ccccc2-c2ccccc21)C(=O)NC1CCCC1(C)C(=O)O. The van der Waals surface area contributed by atoms with Crippen molar-refractivity contribution < 1.29 is 24.2 Å². The Labute approximate surface area is 206 Å². The summed E-state index contributed by atoms with van der Waals surface area (Å²) in [6.07, 6.45) is 1.63. The second kappa shape index (κ2) is 10.1. The summed E-state index contributed by atoms with van der Waals surface area (Å²) < 4.78 is 5.63. The van der Waals surface area contributed by atoms with Crippen LogP contribution in [0.1, 0.15) is 63.5 Å². The maximum absolute atomic E-state index is 13.1. The Morgan fingerprint density at radius 2 is 1.66 bits per heavy atom. The third kappa shape index (κ3) is 5.04. The van der Waals surface area contributed by atoms with Gasteiger partial charge in [-0.1, -0.05) is 68.8 Å². The van der Waals surface area contributed by atoms with E-state index in [0.717, 1.165) is 28.7 Å². The number of carbonyl (C=O) groups excluding carboxylic acids is 2. The average molecular weight is 479 g/mol. The van der Waals surface area contributed by atoms with Gasteiger partial charge in [0.2, 0.25) is 5.91 Å². The van der Waals surface area contributed by atoms with E-state index in [-0.39, 0.29) is 24.3 Å². The van der Waals surface area contributed by atoms with Gasteiger partial charge in [-0.05, 0) is 54.4 Å². The van der Waals surface area contributed by atoms with Crippen LogP contribution < -0.4 is 10.6 Å². The molecule has 0 heterocycles. The van der Waals surface area contributed by atoms with Crippen molar-refractivity contribution in [1.82, 2.24) is 10.6 Å². The molecule has 4 rings (SSSR count). The molecule has 1 saturated carbocycles. The normalized spacial score (nSPS) is 21.8. The maximum Gasteiger partial charge on any atom is 0.407 e. The predicted molar refractivity (Wildman–Crippen MR) is 133 cm³/mol. The Kier molecular flexibility index (Phi) is 7.15. The molecule has 2 aliphatic rings. The minimum Gasteiger partial charge on any atom is -0.481 e. The third-order valence-corrected chi connectivity index (χ3v) is 7.42. The van der Waals surface area contributed by atoms with Crippen LogP contribution in [-0.2, 0) is 14.3 Å². The molecule has 3 N–H and O–H groups in total. The quantitative estimate of drug-likeness (QED) is 0.510. The van der Waals surface area contributed by atoms with E-state index in [1.165, 1.54) is 0 Å². The highest BCUT2D eigenvalue weighted by molar-refractivity contribution is 5.87. The number of aliphatic carboxylic acids is 1. The van der Waals surface area contributed by atoms with Crippen LogP contribution in [-0.4, -0.2) is 41.8 Å². The summed E-state index contributed by atoms with van der Waals surface area (Å²) in [5.74, 6) is -1.20. The lowest BCUT2D eigenvalue weighted by atomic mass is 9.84. The lowest BCUT2D eigenvalue weighted by Gasteiger charge is -2.30. The molecule has 35 heavy (non-hydrogen) atoms. The zero-order valence-electron chi connectivity index (χ0n) is 20.5. The van der Waals surface area contributed by atoms with Gasteiger partial charge < -0.3 is 20.5 Å². The van der Waals surface area contributed by atoms with Gasteiger partial charge >= 0.3 is 12.1 Å². The molecule has 7 heteroatoms. The van der Waals surface area contributed by atoms with E-state index in [9.17, 15) is 19.5 Å². The molecule has 0 radical (unpaired) electrons. The molecule has 0 aliphatic heterocycles. The fraction of sp³-hybridized carbons (Fsp3) is 0.464. The first-order chi connectivity index (χ1) is 16.7. The lowest BCUT2D eigenvalue weighted by Crippen LogP contribution is -2.54. The Morgan fingerprint density at radius 1 is 1.06 bits per heavy atom. The van der Waals surface area contributed by atoms with Gasteiger partial charge in [-0.2, -0.15) is 0 Å². The van der Waals surface area contributed by atoms with Gasteiger partial charge in [-0.3, -0.25) is 9.59 Å². The van der Waals surface area contributed by atoms with Gasteiger partial charge in [0.25, 0.3) is 0 Å². The molecule has 2 aromatic carbocycles. The van der Waals surface area contributed by atoms with Crippen molar-refractivity contribution in [2.75, 3.05) is 6.61 Å². The van der Waals surface area contributed by atoms with Crippen molar-refractivity contribution in [2.45, 2.75) is 64.5 Å². The number of carbonyl (C=O) groups is 3. The van der Waals surface area contributed by atoms with E-state index in [0.29, 0.717) is 19.3 Å². The highest BCUT2D eigenvalue weighted by Gasteiger charge is 2.46. The maximum atomic E-state index is 13.1. The van der Waals surface area contributed by atoms with Gasteiger partial charge in [-0.15, -0.1) is 0 Å². The van der Waals surface area contributed by atoms with Gasteiger partial charge in [0, 0.05) is 12.0 Å². The summed E-state index contributed by atoms with van der Waals surface area (Å²) in [5, 5.41) is 15.3. The molecule has 0 saturated heterocycles. The molecule has 0 bridgehead atoms. The van der Waals surface area contributed by atoms with Crippen LogP contribution in [0.3, 0.4) is 0 Å². The second-order valence-electron chi connectivity index (χ2n) is 10.3. The number of amides is 2. The van der Waals surface area contributed by atoms with E-state index in [1.807, 2.05) is 38.1 Å². The molecule has 2 aromatic rings. The predicted octanol–water partition coefficient (Wildman–Crippen LogP) is 4.70. The van der Waals surface area contributed by atoms with Crippen LogP contribution in [0.15, 0.2) is 48.5 Å². The average Bonchev–Trinajstić information content (AvgIpc) is 3.35. The zero-order chi connectivity index (χ0) is 25.2. The first-order valence-electron chi connectivity index (χ1n) is 12.4. The van der Waals surface area contributed by atoms with Crippen molar-refractivity contribution >= 4 is 18.0 Å². The van der Waals surface area contributed by atoms with Gasteiger partial charge in [0.05, 0.1) is 5.41 Å². The molecule has 0 aromatic heterocycles. The molecule has 186 valence electrons. The lowest BCUT2D eigenvalue weighted by molar-refractivity contribution is -0.149. The molecular weight excluding hydrogens is 444 g/mol. The number of rotatable bonds is 8. The van der Waals surface area contributed by atoms with Crippen molar-refractivity contribution in [1.29, 1.82) is 0 Å². The Balaban J connectivity index is 1.41. The highest BCUT2D eigenvalue weighted by Crippen LogP contribution is 2.44. The Morgan fingerprint density at radius 3 is 2.23 bits per heavy atom. The summed E-state index contributed by atoms with van der Waals surface area (Å²) in [6, 6.07) is 14.9. The minimum atomic E-state index is -0.998. The number of hydrogen-bond donors (Lipinski definition) is 3. The summed E-state index contributed by atoms with van der Waals surface area (Å²) in [6.45, 7) is 5.77. The fourth-order valence-electron chi connectivity index (χ4n) is 5.41. The molecule has 7 nitrogen and oxygen atoms in total. The van der Waals surface area contributed by atoms with E-state index in [1.54, 1.807) is 6.92 Å². The number of ether oxygens (including phenoxy) is 1. The zero-order valence-corrected chi connectivity index (χ0v) is 20.5. The first kappa shape index (κ1) is 24.8. The van der Waals surface area contributed by atoms with Gasteiger partial charge in [-0.25, -0.2) is 4.79 Å². The van der Waals surface area contributed by atoms with E-state index in [2.05, 4.69) is 34.9 Å². The number of hydrogen-bond acceptors (Lipinski definition) is 4. The Bertz CT molecular complexity index is 1070. The monoisotopic (exact) mass is 478 g/mol. The van der Waals surface area contributed by atoms with Crippen LogP contribution >= 0.6 is 0 Å². The highest BCUT2D eigenvalue weighted by atomic mass is 16.5. The van der Waals surface area contributed by atoms with Crippen LogP contribution in [0.2, 0.25) is 0 Å². The number of carboxylic acid groups (broad SMARTS) is 1. The molecule has 2 unspecified atom stereocenters. The van der Waals surface area contributed by atoms with E-state index in [4.69, 9.17) is 4.74 Å². The van der Waals surface area contributed by atoms with Crippen molar-refractivity contribution in [2.24, 2.45) is 11.3 Å². The van der Waals surface area contributed by atoms with Crippen molar-refractivity contribution in [3.05, 3.63) is 59.7 Å². The molecule has 2 amide bonds. The standard InChI is InChI=1S/C28H34N2O5/c1-17(2)15-23(25(31)30-24-13-8-14-28(24,3)26(32)33)29-27(34)35-16-22-20-11-6-4-9-18(20)19-10-5-7-12-21(19)22/h4-7,9-12,17,22-24H,8,13-16H2,1-3H3,(H,29,34)(H,30,31)(H,32,33)/t23-,24?,28?/m1/s1. The van der Waals surface area contributed by atoms with Crippen LogP contribution in [0, 0.1) is 11.3 Å². The first-order valence-corrected chi connectivity index (χ1v) is 12.4. The fourth-order valence-corrected chi connectivity index (χ4v) is 5.41. The number of alkyl carbamates (subject to hydrolysis) is 1. The smallest absolute Gasteiger partial charge is 0.407 e. The number of carboxylic acids is 1. The number of nitrogens with one attached hydrogen (secondary N) is 2. The summed E-state index contributed by atoms with van der Waals surface area (Å²) in [7, 11) is 0. The van der Waals surface area contributed by atoms with Crippen LogP contribution in [0.25, 0.3) is 11.1 Å². The molecule has 3 atom stereocenters. The summed E-state index contributed by atoms with van der Waals surface area (Å²) in [5.41, 5.74) is 3.53. The third-order valence-electron chi connectivity index (χ3n) is 7.42.